The third-order valence-electron chi connectivity index (χ3n) is 6.22. The number of hydrogen-bond acceptors (Lipinski definition) is 4. The smallest absolute Gasteiger partial charge is 1.00 e. The average molecular weight is 705 g/mol. The van der Waals surface area contributed by atoms with Crippen LogP contribution >= 0.6 is 11.6 Å². The zero-order valence-corrected chi connectivity index (χ0v) is 25.2. The van der Waals surface area contributed by atoms with Crippen LogP contribution in [0.4, 0.5) is 11.4 Å². The van der Waals surface area contributed by atoms with E-state index < -0.39 is 0 Å². The first-order chi connectivity index (χ1) is 18.1. The van der Waals surface area contributed by atoms with E-state index in [1.54, 1.807) is 19.2 Å². The quantitative estimate of drug-likeness (QED) is 0.0705. The Morgan fingerprint density at radius 3 is 2.63 bits per heavy atom. The molecule has 1 aliphatic rings. The standard InChI is InChI=1S/C29H25ClN3O3Se.HI/c1-36-24-13-14-27-28(19-24)37-29(32(27)18-16-30)8-4-5-22-15-17-31(26-7-3-2-6-25(22)26)20-21-9-11-23(12-10-21)33(34)35;/h2-15,17,19H,16,18,20H2,1H3;1H/q+1;/p-1. The molecule has 0 aliphatic carbocycles. The SMILES string of the molecule is COc1ccc2c(c1)[Se]/C(=C/C=C/c1cc[n+](Cc3ccc([N+](=O)[O-])cc3)c3ccccc13)N2CCCl.[I-]. The number of anilines is 1. The number of hydrogen-bond donors (Lipinski definition) is 0. The number of aromatic nitrogens is 1. The Hall–Kier alpha value is -2.91. The number of alkyl halides is 1. The fourth-order valence-corrected chi connectivity index (χ4v) is 6.94. The monoisotopic (exact) mass is 705 g/mol. The average Bonchev–Trinajstić information content (AvgIpc) is 3.26. The molecule has 9 heteroatoms. The van der Waals surface area contributed by atoms with Crippen molar-refractivity contribution in [3.8, 4) is 5.75 Å². The van der Waals surface area contributed by atoms with E-state index >= 15 is 0 Å². The fourth-order valence-electron chi connectivity index (χ4n) is 4.40. The van der Waals surface area contributed by atoms with E-state index in [9.17, 15) is 10.1 Å². The van der Waals surface area contributed by atoms with E-state index in [0.717, 1.165) is 34.3 Å². The van der Waals surface area contributed by atoms with Gasteiger partial charge in [-0.15, -0.1) is 0 Å². The van der Waals surface area contributed by atoms with Crippen molar-refractivity contribution in [3.05, 3.63) is 117 Å². The number of pyridine rings is 1. The summed E-state index contributed by atoms with van der Waals surface area (Å²) < 4.78 is 10.1. The second-order valence-electron chi connectivity index (χ2n) is 8.48. The van der Waals surface area contributed by atoms with Crippen LogP contribution < -0.4 is 42.6 Å². The normalized spacial score (nSPS) is 13.6. The van der Waals surface area contributed by atoms with Gasteiger partial charge in [0.05, 0.1) is 4.92 Å². The molecule has 0 unspecified atom stereocenters. The number of nitro benzene ring substituents is 1. The number of fused-ring (bicyclic) bond motifs is 2. The summed E-state index contributed by atoms with van der Waals surface area (Å²) in [7, 11) is 1.69. The van der Waals surface area contributed by atoms with E-state index in [0.29, 0.717) is 12.4 Å². The Kier molecular flexibility index (Phi) is 9.44. The van der Waals surface area contributed by atoms with Crippen molar-refractivity contribution in [2.75, 3.05) is 24.4 Å². The summed E-state index contributed by atoms with van der Waals surface area (Å²) in [6.45, 7) is 1.39. The van der Waals surface area contributed by atoms with Crippen molar-refractivity contribution in [2.24, 2.45) is 0 Å². The van der Waals surface area contributed by atoms with Crippen LogP contribution in [0.2, 0.25) is 0 Å². The van der Waals surface area contributed by atoms with Gasteiger partial charge in [-0.1, -0.05) is 0 Å². The molecule has 0 saturated heterocycles. The Morgan fingerprint density at radius 2 is 1.89 bits per heavy atom. The molecular weight excluding hydrogens is 680 g/mol. The molecule has 0 bridgehead atoms. The molecule has 0 amide bonds. The Morgan fingerprint density at radius 1 is 1.11 bits per heavy atom. The van der Waals surface area contributed by atoms with Crippen LogP contribution in [0.15, 0.2) is 95.7 Å². The molecule has 0 atom stereocenters. The molecule has 2 heterocycles. The largest absolute Gasteiger partial charge is 1.00 e. The van der Waals surface area contributed by atoms with Gasteiger partial charge in [0.2, 0.25) is 0 Å². The van der Waals surface area contributed by atoms with Crippen LogP contribution in [-0.4, -0.2) is 39.4 Å². The summed E-state index contributed by atoms with van der Waals surface area (Å²) in [6.07, 6.45) is 8.51. The maximum atomic E-state index is 11.0. The predicted octanol–water partition coefficient (Wildman–Crippen LogP) is 2.04. The number of non-ortho nitro benzene ring substituents is 1. The number of methoxy groups -OCH3 is 1. The fraction of sp³-hybridized carbons (Fsp3) is 0.138. The molecule has 0 N–H and O–H groups in total. The molecular formula is C29H25ClIN3O3Se. The number of nitro groups is 1. The number of nitrogens with zero attached hydrogens (tertiary/aromatic N) is 3. The van der Waals surface area contributed by atoms with Gasteiger partial charge in [0.25, 0.3) is 5.69 Å². The van der Waals surface area contributed by atoms with Crippen molar-refractivity contribution < 1.29 is 38.2 Å². The number of para-hydroxylation sites is 1. The number of allylic oxidation sites excluding steroid dienone is 2. The molecule has 0 spiro atoms. The summed E-state index contributed by atoms with van der Waals surface area (Å²) in [5.41, 5.74) is 4.54. The van der Waals surface area contributed by atoms with Crippen LogP contribution in [0.5, 0.6) is 5.75 Å². The summed E-state index contributed by atoms with van der Waals surface area (Å²) in [6, 6.07) is 23.4. The van der Waals surface area contributed by atoms with Gasteiger partial charge in [-0.3, -0.25) is 10.1 Å². The molecule has 4 aromatic rings. The molecule has 3 aromatic carbocycles. The third kappa shape index (κ3) is 6.04. The van der Waals surface area contributed by atoms with Crippen LogP contribution in [-0.2, 0) is 6.54 Å². The summed E-state index contributed by atoms with van der Waals surface area (Å²) >= 11 is 6.30. The van der Waals surface area contributed by atoms with E-state index in [1.165, 1.54) is 14.7 Å². The number of benzene rings is 3. The molecule has 6 nitrogen and oxygen atoms in total. The maximum absolute atomic E-state index is 11.0. The molecule has 1 aromatic heterocycles. The molecule has 0 saturated carbocycles. The summed E-state index contributed by atoms with van der Waals surface area (Å²) in [5, 5.41) is 12.1. The first kappa shape index (κ1) is 28.1. The zero-order chi connectivity index (χ0) is 25.8. The number of halogens is 2. The van der Waals surface area contributed by atoms with Crippen LogP contribution in [0.25, 0.3) is 17.0 Å². The third-order valence-corrected chi connectivity index (χ3v) is 8.72. The van der Waals surface area contributed by atoms with Gasteiger partial charge in [0, 0.05) is 0 Å². The van der Waals surface area contributed by atoms with Crippen LogP contribution in [0.3, 0.4) is 0 Å². The molecule has 194 valence electrons. The second-order valence-corrected chi connectivity index (χ2v) is 11.1. The zero-order valence-electron chi connectivity index (χ0n) is 20.6. The number of rotatable bonds is 8. The van der Waals surface area contributed by atoms with Gasteiger partial charge in [0.15, 0.2) is 0 Å². The molecule has 0 radical (unpaired) electrons. The summed E-state index contributed by atoms with van der Waals surface area (Å²) in [5.74, 6) is 1.43. The molecule has 1 aliphatic heterocycles. The first-order valence-electron chi connectivity index (χ1n) is 11.8. The Bertz CT molecular complexity index is 1530. The second kappa shape index (κ2) is 12.8. The van der Waals surface area contributed by atoms with Crippen molar-refractivity contribution in [2.45, 2.75) is 6.54 Å². The Balaban J connectivity index is 0.00000336. The van der Waals surface area contributed by atoms with Crippen molar-refractivity contribution in [1.29, 1.82) is 0 Å². The number of ether oxygens (including phenoxy) is 1. The molecule has 38 heavy (non-hydrogen) atoms. The first-order valence-corrected chi connectivity index (χ1v) is 14.0. The van der Waals surface area contributed by atoms with Gasteiger partial charge in [-0.25, -0.2) is 0 Å². The maximum Gasteiger partial charge on any atom is -1.00 e. The minimum Gasteiger partial charge on any atom is -1.00 e. The topological polar surface area (TPSA) is 59.5 Å². The minimum absolute atomic E-state index is 0. The van der Waals surface area contributed by atoms with Gasteiger partial charge in [-0.2, -0.15) is 0 Å². The molecule has 5 rings (SSSR count). The van der Waals surface area contributed by atoms with Gasteiger partial charge < -0.3 is 24.0 Å². The van der Waals surface area contributed by atoms with Crippen molar-refractivity contribution >= 4 is 59.4 Å². The van der Waals surface area contributed by atoms with Crippen LogP contribution in [0.1, 0.15) is 11.1 Å². The van der Waals surface area contributed by atoms with Gasteiger partial charge in [-0.05, 0) is 0 Å². The van der Waals surface area contributed by atoms with Gasteiger partial charge >= 0.3 is 207 Å². The minimum atomic E-state index is -0.375. The Labute approximate surface area is 249 Å². The van der Waals surface area contributed by atoms with Gasteiger partial charge in [0.1, 0.15) is 0 Å². The van der Waals surface area contributed by atoms with Crippen LogP contribution in [0, 0.1) is 10.1 Å². The van der Waals surface area contributed by atoms with E-state index in [4.69, 9.17) is 16.3 Å². The van der Waals surface area contributed by atoms with E-state index in [2.05, 4.69) is 64.2 Å². The summed E-state index contributed by atoms with van der Waals surface area (Å²) in [4.78, 5) is 12.9. The predicted molar refractivity (Wildman–Crippen MR) is 150 cm³/mol. The van der Waals surface area contributed by atoms with E-state index in [1.807, 2.05) is 30.3 Å². The van der Waals surface area contributed by atoms with Crippen molar-refractivity contribution in [3.63, 3.8) is 0 Å². The van der Waals surface area contributed by atoms with E-state index in [-0.39, 0.29) is 49.5 Å². The molecule has 0 fully saturated rings. The van der Waals surface area contributed by atoms with Crippen molar-refractivity contribution in [1.82, 2.24) is 0 Å².